The molecule has 98 valence electrons. The molecule has 3 aliphatic rings. The summed E-state index contributed by atoms with van der Waals surface area (Å²) in [5.74, 6) is 1.38. The largest absolute Gasteiger partial charge is 0.374 e. The second-order valence-corrected chi connectivity index (χ2v) is 9.60. The van der Waals surface area contributed by atoms with Crippen molar-refractivity contribution in [1.82, 2.24) is 0 Å². The van der Waals surface area contributed by atoms with Gasteiger partial charge in [0, 0.05) is 54.1 Å². The maximum atomic E-state index is 10.7. The molecule has 2 saturated heterocycles. The quantitative estimate of drug-likeness (QED) is 0.439. The van der Waals surface area contributed by atoms with Gasteiger partial charge in [-0.2, -0.15) is 0 Å². The second-order valence-electron chi connectivity index (χ2n) is 6.61. The summed E-state index contributed by atoms with van der Waals surface area (Å²) in [7, 11) is 0. The third-order valence-corrected chi connectivity index (χ3v) is 7.85. The summed E-state index contributed by atoms with van der Waals surface area (Å²) in [6.07, 6.45) is 6.72. The van der Waals surface area contributed by atoms with E-state index >= 15 is 0 Å². The molecule has 4 unspecified atom stereocenters. The summed E-state index contributed by atoms with van der Waals surface area (Å²) in [6, 6.07) is 0. The van der Waals surface area contributed by atoms with Crippen LogP contribution in [0.1, 0.15) is 40.5 Å². The zero-order valence-corrected chi connectivity index (χ0v) is 17.8. The van der Waals surface area contributed by atoms with Crippen molar-refractivity contribution >= 4 is 72.4 Å². The van der Waals surface area contributed by atoms with E-state index in [1.54, 1.807) is 0 Å². The van der Waals surface area contributed by atoms with Gasteiger partial charge in [-0.05, 0) is 30.8 Å². The van der Waals surface area contributed by atoms with E-state index in [1.807, 2.05) is 11.8 Å². The van der Waals surface area contributed by atoms with Crippen molar-refractivity contribution in [2.24, 2.45) is 11.8 Å². The number of aliphatic hydroxyl groups is 1. The van der Waals surface area contributed by atoms with Gasteiger partial charge < -0.3 is 5.11 Å². The molecule has 2 aliphatic heterocycles. The molecular formula is C14H22BaOS2. The molecule has 2 radical (unpaired) electrons. The van der Waals surface area contributed by atoms with Gasteiger partial charge >= 0.3 is 0 Å². The van der Waals surface area contributed by atoms with Gasteiger partial charge in [0.2, 0.25) is 0 Å². The molecule has 1 aliphatic carbocycles. The molecular weight excluding hydrogens is 386 g/mol. The first-order chi connectivity index (χ1) is 7.85. The fourth-order valence-electron chi connectivity index (χ4n) is 3.60. The number of fused-ring (bicyclic) bond motifs is 3. The molecule has 0 saturated carbocycles. The molecule has 1 nitrogen and oxygen atoms in total. The first kappa shape index (κ1) is 16.3. The average molecular weight is 408 g/mol. The first-order valence-electron chi connectivity index (χ1n) is 6.65. The molecule has 4 heteroatoms. The average Bonchev–Trinajstić information content (AvgIpc) is 2.99. The minimum Gasteiger partial charge on any atom is -0.374 e. The van der Waals surface area contributed by atoms with E-state index in [0.29, 0.717) is 21.8 Å². The minimum absolute atomic E-state index is 0. The van der Waals surface area contributed by atoms with E-state index in [2.05, 4.69) is 51.6 Å². The molecule has 0 amide bonds. The molecule has 4 atom stereocenters. The van der Waals surface area contributed by atoms with Gasteiger partial charge in [0.25, 0.3) is 0 Å². The van der Waals surface area contributed by atoms with E-state index in [0.717, 1.165) is 6.42 Å². The van der Waals surface area contributed by atoms with Crippen molar-refractivity contribution in [1.29, 1.82) is 0 Å². The van der Waals surface area contributed by atoms with Gasteiger partial charge in [-0.1, -0.05) is 33.8 Å². The molecule has 0 aromatic rings. The SMILES string of the molecule is CC(C)CC12SC1C=CC1(O)SC12CC(C)C.[Ba]. The Hall–Kier alpha value is 1.97. The monoisotopic (exact) mass is 408 g/mol. The Kier molecular flexibility index (Phi) is 4.55. The topological polar surface area (TPSA) is 20.2 Å². The van der Waals surface area contributed by atoms with Crippen molar-refractivity contribution in [2.75, 3.05) is 0 Å². The Morgan fingerprint density at radius 1 is 1.17 bits per heavy atom. The maximum Gasteiger partial charge on any atom is 0.146 e. The van der Waals surface area contributed by atoms with E-state index in [9.17, 15) is 5.11 Å². The normalized spacial score (nSPS) is 47.6. The molecule has 18 heavy (non-hydrogen) atoms. The van der Waals surface area contributed by atoms with Crippen LogP contribution in [0, 0.1) is 11.8 Å². The van der Waals surface area contributed by atoms with Crippen LogP contribution in [0.2, 0.25) is 0 Å². The number of thioether (sulfide) groups is 2. The van der Waals surface area contributed by atoms with Gasteiger partial charge in [0.15, 0.2) is 0 Å². The Balaban J connectivity index is 0.00000120. The van der Waals surface area contributed by atoms with Crippen LogP contribution in [0.5, 0.6) is 0 Å². The van der Waals surface area contributed by atoms with E-state index < -0.39 is 4.93 Å². The molecule has 0 aromatic carbocycles. The number of hydrogen-bond acceptors (Lipinski definition) is 3. The Bertz CT molecular complexity index is 384. The van der Waals surface area contributed by atoms with E-state index in [1.165, 1.54) is 6.42 Å². The van der Waals surface area contributed by atoms with E-state index in [4.69, 9.17) is 0 Å². The summed E-state index contributed by atoms with van der Waals surface area (Å²) >= 11 is 3.91. The fraction of sp³-hybridized carbons (Fsp3) is 0.857. The fourth-order valence-corrected chi connectivity index (χ4v) is 7.55. The summed E-state index contributed by atoms with van der Waals surface area (Å²) in [6.45, 7) is 9.16. The second kappa shape index (κ2) is 5.01. The van der Waals surface area contributed by atoms with Crippen molar-refractivity contribution < 1.29 is 5.11 Å². The van der Waals surface area contributed by atoms with Crippen molar-refractivity contribution in [3.8, 4) is 0 Å². The van der Waals surface area contributed by atoms with Crippen LogP contribution in [-0.2, 0) is 0 Å². The van der Waals surface area contributed by atoms with Gasteiger partial charge in [0.1, 0.15) is 4.93 Å². The van der Waals surface area contributed by atoms with Crippen molar-refractivity contribution in [2.45, 2.75) is 60.2 Å². The molecule has 0 bridgehead atoms. The van der Waals surface area contributed by atoms with Crippen LogP contribution in [0.4, 0.5) is 0 Å². The third-order valence-electron chi connectivity index (χ3n) is 4.19. The van der Waals surface area contributed by atoms with Crippen molar-refractivity contribution in [3.05, 3.63) is 12.2 Å². The molecule has 1 N–H and O–H groups in total. The Labute approximate surface area is 159 Å². The Morgan fingerprint density at radius 3 is 2.33 bits per heavy atom. The standard InChI is InChI=1S/C14H22OS2.Ba/c1-9(2)7-12-11(16-12)5-6-14(15)13(12,17-14)8-10(3)4;/h5-6,9-11,15H,7-8H2,1-4H3;. The van der Waals surface area contributed by atoms with Crippen LogP contribution in [-0.4, -0.2) is 73.7 Å². The zero-order chi connectivity index (χ0) is 12.5. The summed E-state index contributed by atoms with van der Waals surface area (Å²) in [5, 5.41) is 11.4. The molecule has 0 spiro atoms. The van der Waals surface area contributed by atoms with Crippen LogP contribution in [0.25, 0.3) is 0 Å². The van der Waals surface area contributed by atoms with Gasteiger partial charge in [0.05, 0.1) is 9.49 Å². The molecule has 2 heterocycles. The van der Waals surface area contributed by atoms with Gasteiger partial charge in [-0.3, -0.25) is 0 Å². The zero-order valence-electron chi connectivity index (χ0n) is 11.8. The van der Waals surface area contributed by atoms with Gasteiger partial charge in [-0.15, -0.1) is 23.5 Å². The summed E-state index contributed by atoms with van der Waals surface area (Å²) < 4.78 is 0.447. The van der Waals surface area contributed by atoms with Crippen LogP contribution in [0.15, 0.2) is 12.2 Å². The summed E-state index contributed by atoms with van der Waals surface area (Å²) in [4.78, 5) is -0.549. The van der Waals surface area contributed by atoms with Crippen LogP contribution in [0.3, 0.4) is 0 Å². The smallest absolute Gasteiger partial charge is 0.146 e. The van der Waals surface area contributed by atoms with Crippen LogP contribution < -0.4 is 0 Å². The maximum absolute atomic E-state index is 10.7. The number of hydrogen-bond donors (Lipinski definition) is 1. The minimum atomic E-state index is -0.549. The van der Waals surface area contributed by atoms with Crippen molar-refractivity contribution in [3.63, 3.8) is 0 Å². The Morgan fingerprint density at radius 2 is 1.78 bits per heavy atom. The predicted octanol–water partition coefficient (Wildman–Crippen LogP) is 3.30. The third kappa shape index (κ3) is 2.16. The number of rotatable bonds is 4. The molecule has 2 fully saturated rings. The molecule has 3 rings (SSSR count). The van der Waals surface area contributed by atoms with Gasteiger partial charge in [-0.25, -0.2) is 0 Å². The van der Waals surface area contributed by atoms with E-state index in [-0.39, 0.29) is 53.6 Å². The molecule has 0 aromatic heterocycles. The first-order valence-corrected chi connectivity index (χ1v) is 8.34. The van der Waals surface area contributed by atoms with Crippen LogP contribution >= 0.6 is 23.5 Å². The predicted molar refractivity (Wildman–Crippen MR) is 83.2 cm³/mol. The summed E-state index contributed by atoms with van der Waals surface area (Å²) in [5.41, 5.74) is 0.